The van der Waals surface area contributed by atoms with E-state index in [-0.39, 0.29) is 24.3 Å². The van der Waals surface area contributed by atoms with Gasteiger partial charge in [0.05, 0.1) is 32.9 Å². The lowest BCUT2D eigenvalue weighted by Crippen LogP contribution is -2.34. The Balaban J connectivity index is 1.62. The second-order valence-corrected chi connectivity index (χ2v) is 9.01. The Morgan fingerprint density at radius 1 is 1.23 bits per heavy atom. The molecule has 0 bridgehead atoms. The third-order valence-corrected chi connectivity index (χ3v) is 5.56. The van der Waals surface area contributed by atoms with Crippen LogP contribution < -0.4 is 20.1 Å². The van der Waals surface area contributed by atoms with Gasteiger partial charge < -0.3 is 20.1 Å². The van der Waals surface area contributed by atoms with Gasteiger partial charge in [-0.3, -0.25) is 14.5 Å². The van der Waals surface area contributed by atoms with E-state index >= 15 is 0 Å². The number of rotatable bonds is 7. The Hall–Kier alpha value is -3.14. The number of urea groups is 1. The van der Waals surface area contributed by atoms with Gasteiger partial charge in [-0.25, -0.2) is 9.78 Å². The fraction of sp³-hybridized carbons (Fsp3) is 0.429. The van der Waals surface area contributed by atoms with Crippen molar-refractivity contribution in [3.8, 4) is 11.5 Å². The van der Waals surface area contributed by atoms with Crippen LogP contribution in [-0.4, -0.2) is 48.0 Å². The van der Waals surface area contributed by atoms with Crippen LogP contribution in [0.15, 0.2) is 23.6 Å². The molecule has 1 aliphatic rings. The number of thiazole rings is 1. The van der Waals surface area contributed by atoms with Gasteiger partial charge in [-0.2, -0.15) is 0 Å². The lowest BCUT2D eigenvalue weighted by Gasteiger charge is -2.15. The van der Waals surface area contributed by atoms with E-state index in [1.807, 2.05) is 26.2 Å². The summed E-state index contributed by atoms with van der Waals surface area (Å²) >= 11 is 1.32. The molecule has 1 fully saturated rings. The monoisotopic (exact) mass is 446 g/mol. The molecule has 2 N–H and O–H groups in total. The molecule has 166 valence electrons. The molecule has 3 rings (SSSR count). The van der Waals surface area contributed by atoms with Crippen molar-refractivity contribution in [1.82, 2.24) is 15.2 Å². The van der Waals surface area contributed by atoms with Gasteiger partial charge in [0.25, 0.3) is 5.91 Å². The van der Waals surface area contributed by atoms with E-state index in [0.29, 0.717) is 22.2 Å². The van der Waals surface area contributed by atoms with Crippen molar-refractivity contribution in [3.63, 3.8) is 0 Å². The first kappa shape index (κ1) is 22.5. The molecule has 2 aromatic rings. The van der Waals surface area contributed by atoms with Crippen molar-refractivity contribution in [2.75, 3.05) is 19.5 Å². The molecule has 0 radical (unpaired) electrons. The van der Waals surface area contributed by atoms with E-state index in [0.717, 1.165) is 10.6 Å². The zero-order valence-corrected chi connectivity index (χ0v) is 19.0. The van der Waals surface area contributed by atoms with E-state index in [9.17, 15) is 14.4 Å². The third-order valence-electron chi connectivity index (χ3n) is 4.80. The second kappa shape index (κ2) is 8.93. The average Bonchev–Trinajstić information content (AvgIpc) is 3.28. The van der Waals surface area contributed by atoms with Crippen molar-refractivity contribution in [2.24, 2.45) is 0 Å². The maximum atomic E-state index is 12.7. The number of carbonyl (C=O) groups is 3. The minimum absolute atomic E-state index is 0.0601. The molecule has 1 atom stereocenters. The first-order chi connectivity index (χ1) is 14.6. The molecule has 0 aliphatic carbocycles. The largest absolute Gasteiger partial charge is 0.493 e. The summed E-state index contributed by atoms with van der Waals surface area (Å²) in [6.45, 7) is 6.17. The number of nitrogens with one attached hydrogen (secondary N) is 2. The van der Waals surface area contributed by atoms with Gasteiger partial charge in [0.2, 0.25) is 5.91 Å². The first-order valence-corrected chi connectivity index (χ1v) is 10.6. The smallest absolute Gasteiger partial charge is 0.325 e. The number of benzene rings is 1. The number of amides is 4. The van der Waals surface area contributed by atoms with Gasteiger partial charge in [0, 0.05) is 10.8 Å². The lowest BCUT2D eigenvalue weighted by atomic mass is 9.93. The summed E-state index contributed by atoms with van der Waals surface area (Å²) in [5.74, 6) is 0.210. The molecule has 2 heterocycles. The maximum Gasteiger partial charge on any atom is 0.325 e. The number of ether oxygens (including phenoxy) is 2. The third kappa shape index (κ3) is 5.13. The average molecular weight is 447 g/mol. The Kier molecular flexibility index (Phi) is 6.49. The molecule has 10 heteroatoms. The highest BCUT2D eigenvalue weighted by molar-refractivity contribution is 7.13. The Morgan fingerprint density at radius 3 is 2.55 bits per heavy atom. The number of imide groups is 1. The highest BCUT2D eigenvalue weighted by Gasteiger charge is 2.39. The summed E-state index contributed by atoms with van der Waals surface area (Å²) in [5.41, 5.74) is 1.45. The summed E-state index contributed by atoms with van der Waals surface area (Å²) in [6, 6.07) is 3.69. The van der Waals surface area contributed by atoms with Crippen LogP contribution in [0.1, 0.15) is 38.4 Å². The first-order valence-electron chi connectivity index (χ1n) is 9.71. The number of anilines is 1. The Labute approximate surface area is 184 Å². The van der Waals surface area contributed by atoms with Crippen LogP contribution in [0, 0.1) is 0 Å². The molecular formula is C21H26N4O5S. The highest BCUT2D eigenvalue weighted by Crippen LogP contribution is 2.29. The van der Waals surface area contributed by atoms with Gasteiger partial charge in [-0.05, 0) is 17.7 Å². The number of methoxy groups -OCH3 is 2. The Morgan fingerprint density at radius 2 is 1.94 bits per heavy atom. The van der Waals surface area contributed by atoms with Gasteiger partial charge in [0.1, 0.15) is 6.04 Å². The van der Waals surface area contributed by atoms with Crippen LogP contribution in [0.5, 0.6) is 11.5 Å². The molecule has 1 aliphatic heterocycles. The SMILES string of the molecule is COc1ccc(CN2C(=O)NC(CC(=O)Nc3nc(C(C)(C)C)cs3)C2=O)cc1OC. The van der Waals surface area contributed by atoms with E-state index in [4.69, 9.17) is 9.47 Å². The van der Waals surface area contributed by atoms with Crippen molar-refractivity contribution in [2.45, 2.75) is 45.2 Å². The normalized spacial score (nSPS) is 16.3. The zero-order valence-electron chi connectivity index (χ0n) is 18.1. The zero-order chi connectivity index (χ0) is 22.8. The van der Waals surface area contributed by atoms with Gasteiger partial charge >= 0.3 is 6.03 Å². The standard InChI is InChI=1S/C21H26N4O5S/c1-21(2,3)16-11-31-19(23-16)24-17(26)9-13-18(27)25(20(28)22-13)10-12-6-7-14(29-4)15(8-12)30-5/h6-8,11,13H,9-10H2,1-5H3,(H,22,28)(H,23,24,26). The number of nitrogens with zero attached hydrogens (tertiary/aromatic N) is 2. The number of hydrogen-bond acceptors (Lipinski definition) is 7. The number of carbonyl (C=O) groups excluding carboxylic acids is 3. The van der Waals surface area contributed by atoms with Crippen LogP contribution in [0.25, 0.3) is 0 Å². The molecule has 1 aromatic carbocycles. The second-order valence-electron chi connectivity index (χ2n) is 8.16. The van der Waals surface area contributed by atoms with E-state index in [1.54, 1.807) is 18.2 Å². The quantitative estimate of drug-likeness (QED) is 0.633. The van der Waals surface area contributed by atoms with E-state index < -0.39 is 18.0 Å². The number of hydrogen-bond donors (Lipinski definition) is 2. The fourth-order valence-corrected chi connectivity index (χ4v) is 4.01. The van der Waals surface area contributed by atoms with Gasteiger partial charge in [-0.1, -0.05) is 26.8 Å². The molecule has 1 saturated heterocycles. The van der Waals surface area contributed by atoms with Crippen LogP contribution in [0.3, 0.4) is 0 Å². The van der Waals surface area contributed by atoms with Crippen LogP contribution in [-0.2, 0) is 21.5 Å². The van der Waals surface area contributed by atoms with Crippen LogP contribution in [0.4, 0.5) is 9.93 Å². The molecule has 0 saturated carbocycles. The maximum absolute atomic E-state index is 12.7. The summed E-state index contributed by atoms with van der Waals surface area (Å²) in [5, 5.41) is 7.64. The minimum atomic E-state index is -0.922. The molecule has 9 nitrogen and oxygen atoms in total. The van der Waals surface area contributed by atoms with Crippen molar-refractivity contribution in [3.05, 3.63) is 34.8 Å². The molecule has 1 unspecified atom stereocenters. The van der Waals surface area contributed by atoms with Gasteiger partial charge in [-0.15, -0.1) is 11.3 Å². The summed E-state index contributed by atoms with van der Waals surface area (Å²) in [4.78, 5) is 42.9. The number of aromatic nitrogens is 1. The topological polar surface area (TPSA) is 110 Å². The summed E-state index contributed by atoms with van der Waals surface area (Å²) < 4.78 is 10.5. The predicted molar refractivity (Wildman–Crippen MR) is 116 cm³/mol. The molecule has 4 amide bonds. The molecule has 31 heavy (non-hydrogen) atoms. The fourth-order valence-electron chi connectivity index (χ4n) is 3.06. The molecule has 1 aromatic heterocycles. The minimum Gasteiger partial charge on any atom is -0.493 e. The van der Waals surface area contributed by atoms with Crippen molar-refractivity contribution in [1.29, 1.82) is 0 Å². The van der Waals surface area contributed by atoms with Crippen LogP contribution in [0.2, 0.25) is 0 Å². The predicted octanol–water partition coefficient (Wildman–Crippen LogP) is 2.91. The summed E-state index contributed by atoms with van der Waals surface area (Å²) in [6.07, 6.45) is -0.169. The van der Waals surface area contributed by atoms with Crippen molar-refractivity contribution >= 4 is 34.3 Å². The van der Waals surface area contributed by atoms with E-state index in [1.165, 1.54) is 25.6 Å². The molecule has 0 spiro atoms. The van der Waals surface area contributed by atoms with Crippen LogP contribution >= 0.6 is 11.3 Å². The lowest BCUT2D eigenvalue weighted by molar-refractivity contribution is -0.130. The molecular weight excluding hydrogens is 420 g/mol. The van der Waals surface area contributed by atoms with Crippen molar-refractivity contribution < 1.29 is 23.9 Å². The summed E-state index contributed by atoms with van der Waals surface area (Å²) in [7, 11) is 3.04. The Bertz CT molecular complexity index is 998. The van der Waals surface area contributed by atoms with E-state index in [2.05, 4.69) is 15.6 Å². The van der Waals surface area contributed by atoms with Gasteiger partial charge in [0.15, 0.2) is 16.6 Å². The highest BCUT2D eigenvalue weighted by atomic mass is 32.1.